The van der Waals surface area contributed by atoms with Gasteiger partial charge in [0.2, 0.25) is 5.82 Å². The van der Waals surface area contributed by atoms with Gasteiger partial charge in [0.1, 0.15) is 5.75 Å². The maximum atomic E-state index is 10.8. The van der Waals surface area contributed by atoms with Crippen LogP contribution < -0.4 is 4.74 Å². The van der Waals surface area contributed by atoms with Gasteiger partial charge >= 0.3 is 0 Å². The van der Waals surface area contributed by atoms with Crippen molar-refractivity contribution >= 4 is 21.6 Å². The highest BCUT2D eigenvalue weighted by atomic mass is 79.9. The van der Waals surface area contributed by atoms with Gasteiger partial charge in [0.15, 0.2) is 6.61 Å². The molecule has 0 aliphatic carbocycles. The first-order valence-electron chi connectivity index (χ1n) is 7.41. The van der Waals surface area contributed by atoms with Gasteiger partial charge in [0, 0.05) is 22.2 Å². The number of aryl methyl sites for hydroxylation is 2. The van der Waals surface area contributed by atoms with Crippen molar-refractivity contribution in [3.8, 4) is 17.1 Å². The van der Waals surface area contributed by atoms with Crippen molar-refractivity contribution in [2.45, 2.75) is 20.5 Å². The number of benzene rings is 2. The summed E-state index contributed by atoms with van der Waals surface area (Å²) < 4.78 is 11.9. The summed E-state index contributed by atoms with van der Waals surface area (Å²) in [6, 6.07) is 9.89. The fraction of sp³-hybridized carbons (Fsp3) is 0.176. The molecular weight excluding hydrogens is 390 g/mol. The van der Waals surface area contributed by atoms with E-state index in [2.05, 4.69) is 26.1 Å². The van der Waals surface area contributed by atoms with Crippen LogP contribution in [0.5, 0.6) is 5.75 Å². The Labute approximate surface area is 151 Å². The lowest BCUT2D eigenvalue weighted by atomic mass is 10.1. The van der Waals surface area contributed by atoms with E-state index in [1.807, 2.05) is 26.0 Å². The van der Waals surface area contributed by atoms with Gasteiger partial charge < -0.3 is 9.26 Å². The Morgan fingerprint density at radius 2 is 1.96 bits per heavy atom. The summed E-state index contributed by atoms with van der Waals surface area (Å²) >= 11 is 3.51. The highest BCUT2D eigenvalue weighted by Gasteiger charge is 2.13. The summed E-state index contributed by atoms with van der Waals surface area (Å²) in [6.07, 6.45) is 0. The zero-order valence-corrected chi connectivity index (χ0v) is 15.1. The molecule has 7 nitrogen and oxygen atoms in total. The standard InChI is InChI=1S/C17H14BrN3O4/c1-10-6-14(7-11(2)16(10)18)24-9-15-19-17(20-25-15)12-4-3-5-13(8-12)21(22)23/h3-8H,9H2,1-2H3. The molecule has 128 valence electrons. The molecule has 3 rings (SSSR count). The van der Waals surface area contributed by atoms with Gasteiger partial charge in [-0.15, -0.1) is 0 Å². The van der Waals surface area contributed by atoms with Gasteiger partial charge in [-0.2, -0.15) is 4.98 Å². The van der Waals surface area contributed by atoms with E-state index in [0.29, 0.717) is 17.2 Å². The van der Waals surface area contributed by atoms with Gasteiger partial charge in [0.05, 0.1) is 4.92 Å². The zero-order valence-electron chi connectivity index (χ0n) is 13.5. The van der Waals surface area contributed by atoms with Gasteiger partial charge in [-0.1, -0.05) is 33.2 Å². The van der Waals surface area contributed by atoms with Crippen LogP contribution >= 0.6 is 15.9 Å². The molecule has 0 saturated heterocycles. The summed E-state index contributed by atoms with van der Waals surface area (Å²) in [7, 11) is 0. The van der Waals surface area contributed by atoms with Crippen LogP contribution in [-0.2, 0) is 6.61 Å². The second-order valence-corrected chi connectivity index (χ2v) is 6.27. The zero-order chi connectivity index (χ0) is 18.0. The van der Waals surface area contributed by atoms with E-state index in [0.717, 1.165) is 15.6 Å². The Bertz CT molecular complexity index is 916. The lowest BCUT2D eigenvalue weighted by Crippen LogP contribution is -1.97. The van der Waals surface area contributed by atoms with Crippen LogP contribution in [-0.4, -0.2) is 15.1 Å². The molecule has 0 amide bonds. The maximum Gasteiger partial charge on any atom is 0.270 e. The number of hydrogen-bond donors (Lipinski definition) is 0. The van der Waals surface area contributed by atoms with E-state index in [1.165, 1.54) is 12.1 Å². The van der Waals surface area contributed by atoms with Crippen molar-refractivity contribution in [3.05, 3.63) is 68.0 Å². The second kappa shape index (κ2) is 7.02. The molecule has 0 unspecified atom stereocenters. The number of nitro benzene ring substituents is 1. The van der Waals surface area contributed by atoms with Gasteiger partial charge in [-0.3, -0.25) is 10.1 Å². The van der Waals surface area contributed by atoms with Crippen LogP contribution in [0.25, 0.3) is 11.4 Å². The van der Waals surface area contributed by atoms with Gasteiger partial charge in [0.25, 0.3) is 11.6 Å². The first kappa shape index (κ1) is 17.1. The fourth-order valence-corrected chi connectivity index (χ4v) is 2.55. The summed E-state index contributed by atoms with van der Waals surface area (Å²) in [5, 5.41) is 14.7. The molecule has 0 aliphatic rings. The third-order valence-corrected chi connectivity index (χ3v) is 4.81. The predicted molar refractivity (Wildman–Crippen MR) is 94.3 cm³/mol. The average molecular weight is 404 g/mol. The Balaban J connectivity index is 1.74. The second-order valence-electron chi connectivity index (χ2n) is 5.48. The molecular formula is C17H14BrN3O4. The van der Waals surface area contributed by atoms with Crippen LogP contribution in [0.3, 0.4) is 0 Å². The molecule has 0 atom stereocenters. The quantitative estimate of drug-likeness (QED) is 0.456. The molecule has 2 aromatic carbocycles. The summed E-state index contributed by atoms with van der Waals surface area (Å²) in [4.78, 5) is 14.6. The number of nitro groups is 1. The van der Waals surface area contributed by atoms with E-state index in [9.17, 15) is 10.1 Å². The minimum absolute atomic E-state index is 0.0269. The number of hydrogen-bond acceptors (Lipinski definition) is 6. The van der Waals surface area contributed by atoms with Crippen LogP contribution in [0.1, 0.15) is 17.0 Å². The van der Waals surface area contributed by atoms with Crippen LogP contribution in [0.2, 0.25) is 0 Å². The maximum absolute atomic E-state index is 10.8. The molecule has 0 aliphatic heterocycles. The molecule has 0 radical (unpaired) electrons. The van der Waals surface area contributed by atoms with E-state index < -0.39 is 4.92 Å². The lowest BCUT2D eigenvalue weighted by Gasteiger charge is -2.08. The summed E-state index contributed by atoms with van der Waals surface area (Å²) in [5.41, 5.74) is 2.62. The first-order chi connectivity index (χ1) is 11.9. The number of rotatable bonds is 5. The molecule has 0 spiro atoms. The normalized spacial score (nSPS) is 10.7. The van der Waals surface area contributed by atoms with E-state index in [-0.39, 0.29) is 18.1 Å². The first-order valence-corrected chi connectivity index (χ1v) is 8.20. The molecule has 0 N–H and O–H groups in total. The third-order valence-electron chi connectivity index (χ3n) is 3.56. The van der Waals surface area contributed by atoms with Crippen LogP contribution in [0.15, 0.2) is 45.4 Å². The SMILES string of the molecule is Cc1cc(OCc2nc(-c3cccc([N+](=O)[O-])c3)no2)cc(C)c1Br. The molecule has 3 aromatic rings. The van der Waals surface area contributed by atoms with Gasteiger partial charge in [-0.05, 0) is 37.1 Å². The molecule has 1 aromatic heterocycles. The Hall–Kier alpha value is -2.74. The molecule has 1 heterocycles. The smallest absolute Gasteiger partial charge is 0.270 e. The van der Waals surface area contributed by atoms with Gasteiger partial charge in [-0.25, -0.2) is 0 Å². The molecule has 0 bridgehead atoms. The van der Waals surface area contributed by atoms with Crippen LogP contribution in [0, 0.1) is 24.0 Å². The summed E-state index contributed by atoms with van der Waals surface area (Å²) in [5.74, 6) is 1.28. The molecule has 0 fully saturated rings. The highest BCUT2D eigenvalue weighted by Crippen LogP contribution is 2.27. The van der Waals surface area contributed by atoms with Crippen molar-refractivity contribution in [2.75, 3.05) is 0 Å². The fourth-order valence-electron chi connectivity index (χ4n) is 2.32. The Morgan fingerprint density at radius 3 is 2.64 bits per heavy atom. The number of nitrogens with zero attached hydrogens (tertiary/aromatic N) is 3. The average Bonchev–Trinajstić information content (AvgIpc) is 3.07. The van der Waals surface area contributed by atoms with Crippen molar-refractivity contribution in [3.63, 3.8) is 0 Å². The number of non-ortho nitro benzene ring substituents is 1. The van der Waals surface area contributed by atoms with Crippen molar-refractivity contribution in [1.82, 2.24) is 10.1 Å². The van der Waals surface area contributed by atoms with E-state index >= 15 is 0 Å². The highest BCUT2D eigenvalue weighted by molar-refractivity contribution is 9.10. The molecule has 0 saturated carbocycles. The largest absolute Gasteiger partial charge is 0.484 e. The van der Waals surface area contributed by atoms with E-state index in [4.69, 9.17) is 9.26 Å². The number of halogens is 1. The number of ether oxygens (including phenoxy) is 1. The number of aromatic nitrogens is 2. The minimum atomic E-state index is -0.466. The lowest BCUT2D eigenvalue weighted by molar-refractivity contribution is -0.384. The predicted octanol–water partition coefficient (Wildman–Crippen LogP) is 4.60. The monoisotopic (exact) mass is 403 g/mol. The molecule has 8 heteroatoms. The van der Waals surface area contributed by atoms with Crippen molar-refractivity contribution in [1.29, 1.82) is 0 Å². The molecule has 25 heavy (non-hydrogen) atoms. The van der Waals surface area contributed by atoms with Crippen molar-refractivity contribution in [2.24, 2.45) is 0 Å². The van der Waals surface area contributed by atoms with Crippen molar-refractivity contribution < 1.29 is 14.2 Å². The van der Waals surface area contributed by atoms with Crippen LogP contribution in [0.4, 0.5) is 5.69 Å². The Morgan fingerprint density at radius 1 is 1.24 bits per heavy atom. The van der Waals surface area contributed by atoms with E-state index in [1.54, 1.807) is 12.1 Å². The topological polar surface area (TPSA) is 91.3 Å². The Kier molecular flexibility index (Phi) is 4.80. The third kappa shape index (κ3) is 3.85. The summed E-state index contributed by atoms with van der Waals surface area (Å²) in [6.45, 7) is 4.08. The minimum Gasteiger partial charge on any atom is -0.484 e.